The molecule has 0 saturated carbocycles. The van der Waals surface area contributed by atoms with Crippen molar-refractivity contribution >= 4 is 16.6 Å². The van der Waals surface area contributed by atoms with Gasteiger partial charge in [0.15, 0.2) is 0 Å². The van der Waals surface area contributed by atoms with E-state index in [1.165, 1.54) is 29.4 Å². The van der Waals surface area contributed by atoms with Crippen molar-refractivity contribution in [2.45, 2.75) is 26.3 Å². The van der Waals surface area contributed by atoms with E-state index in [4.69, 9.17) is 4.98 Å². The second kappa shape index (κ2) is 5.80. The van der Waals surface area contributed by atoms with Gasteiger partial charge >= 0.3 is 0 Å². The van der Waals surface area contributed by atoms with Crippen LogP contribution in [-0.4, -0.2) is 25.1 Å². The van der Waals surface area contributed by atoms with Crippen molar-refractivity contribution in [3.63, 3.8) is 0 Å². The van der Waals surface area contributed by atoms with Crippen molar-refractivity contribution in [3.05, 3.63) is 36.0 Å². The third-order valence-electron chi connectivity index (χ3n) is 4.21. The van der Waals surface area contributed by atoms with Gasteiger partial charge in [0.05, 0.1) is 5.69 Å². The summed E-state index contributed by atoms with van der Waals surface area (Å²) in [7, 11) is 1.97. The standard InChI is InChI=1S/C17H23N3/c1-13-7-9-20(10-8-13)17-16-6-4-3-5-14(16)11-15(19-17)12-18-2/h3-6,11,13,18H,7-10,12H2,1-2H3. The first kappa shape index (κ1) is 13.4. The van der Waals surface area contributed by atoms with E-state index in [9.17, 15) is 0 Å². The highest BCUT2D eigenvalue weighted by Crippen LogP contribution is 2.29. The number of hydrogen-bond donors (Lipinski definition) is 1. The molecule has 0 bridgehead atoms. The lowest BCUT2D eigenvalue weighted by Gasteiger charge is -2.32. The van der Waals surface area contributed by atoms with Gasteiger partial charge in [-0.15, -0.1) is 0 Å². The molecule has 1 aliphatic heterocycles. The Kier molecular flexibility index (Phi) is 3.88. The topological polar surface area (TPSA) is 28.2 Å². The van der Waals surface area contributed by atoms with Crippen molar-refractivity contribution in [2.24, 2.45) is 5.92 Å². The first-order chi connectivity index (χ1) is 9.78. The highest BCUT2D eigenvalue weighted by atomic mass is 15.2. The number of nitrogens with zero attached hydrogens (tertiary/aromatic N) is 2. The van der Waals surface area contributed by atoms with Crippen LogP contribution in [0.4, 0.5) is 5.82 Å². The average molecular weight is 269 g/mol. The zero-order valence-corrected chi connectivity index (χ0v) is 12.4. The molecule has 1 saturated heterocycles. The van der Waals surface area contributed by atoms with Crippen molar-refractivity contribution in [1.82, 2.24) is 10.3 Å². The van der Waals surface area contributed by atoms with Gasteiger partial charge in [0.25, 0.3) is 0 Å². The average Bonchev–Trinajstić information content (AvgIpc) is 2.48. The summed E-state index contributed by atoms with van der Waals surface area (Å²) in [6, 6.07) is 10.8. The molecule has 0 radical (unpaired) electrons. The molecule has 2 aromatic rings. The van der Waals surface area contributed by atoms with Crippen LogP contribution in [0, 0.1) is 5.92 Å². The van der Waals surface area contributed by atoms with Gasteiger partial charge in [-0.3, -0.25) is 0 Å². The lowest BCUT2D eigenvalue weighted by atomic mass is 9.98. The number of hydrogen-bond acceptors (Lipinski definition) is 3. The van der Waals surface area contributed by atoms with Gasteiger partial charge < -0.3 is 10.2 Å². The fraction of sp³-hybridized carbons (Fsp3) is 0.471. The number of rotatable bonds is 3. The van der Waals surface area contributed by atoms with Crippen LogP contribution in [0.25, 0.3) is 10.8 Å². The number of piperidine rings is 1. The number of pyridine rings is 1. The van der Waals surface area contributed by atoms with Crippen LogP contribution < -0.4 is 10.2 Å². The molecule has 106 valence electrons. The predicted molar refractivity (Wildman–Crippen MR) is 85.1 cm³/mol. The molecule has 3 nitrogen and oxygen atoms in total. The second-order valence-corrected chi connectivity index (χ2v) is 5.86. The molecule has 1 fully saturated rings. The van der Waals surface area contributed by atoms with E-state index in [0.29, 0.717) is 0 Å². The van der Waals surface area contributed by atoms with Crippen LogP contribution in [0.1, 0.15) is 25.5 Å². The number of aromatic nitrogens is 1. The third kappa shape index (κ3) is 2.63. The van der Waals surface area contributed by atoms with Crippen LogP contribution in [0.5, 0.6) is 0 Å². The Balaban J connectivity index is 2.03. The minimum absolute atomic E-state index is 0.822. The Labute approximate surface area is 121 Å². The first-order valence-electron chi connectivity index (χ1n) is 7.56. The third-order valence-corrected chi connectivity index (χ3v) is 4.21. The molecule has 0 unspecified atom stereocenters. The van der Waals surface area contributed by atoms with Gasteiger partial charge in [0.1, 0.15) is 5.82 Å². The molecule has 1 aromatic heterocycles. The van der Waals surface area contributed by atoms with E-state index in [2.05, 4.69) is 47.5 Å². The van der Waals surface area contributed by atoms with Crippen LogP contribution in [0.15, 0.2) is 30.3 Å². The summed E-state index contributed by atoms with van der Waals surface area (Å²) < 4.78 is 0. The van der Waals surface area contributed by atoms with E-state index in [-0.39, 0.29) is 0 Å². The van der Waals surface area contributed by atoms with E-state index < -0.39 is 0 Å². The summed E-state index contributed by atoms with van der Waals surface area (Å²) in [5.41, 5.74) is 1.12. The minimum Gasteiger partial charge on any atom is -0.356 e. The number of fused-ring (bicyclic) bond motifs is 1. The normalized spacial score (nSPS) is 16.8. The molecule has 0 spiro atoms. The molecule has 0 amide bonds. The summed E-state index contributed by atoms with van der Waals surface area (Å²) in [5.74, 6) is 2.01. The zero-order valence-electron chi connectivity index (χ0n) is 12.4. The van der Waals surface area contributed by atoms with Crippen molar-refractivity contribution in [3.8, 4) is 0 Å². The monoisotopic (exact) mass is 269 g/mol. The minimum atomic E-state index is 0.822. The van der Waals surface area contributed by atoms with Gasteiger partial charge in [-0.2, -0.15) is 0 Å². The maximum atomic E-state index is 4.90. The summed E-state index contributed by atoms with van der Waals surface area (Å²) in [6.07, 6.45) is 2.54. The van der Waals surface area contributed by atoms with E-state index in [1.807, 2.05) is 7.05 Å². The van der Waals surface area contributed by atoms with Gasteiger partial charge in [-0.25, -0.2) is 4.98 Å². The number of anilines is 1. The lowest BCUT2D eigenvalue weighted by Crippen LogP contribution is -2.33. The van der Waals surface area contributed by atoms with Crippen LogP contribution >= 0.6 is 0 Å². The summed E-state index contributed by atoms with van der Waals surface area (Å²) >= 11 is 0. The SMILES string of the molecule is CNCc1cc2ccccc2c(N2CCC(C)CC2)n1. The molecule has 20 heavy (non-hydrogen) atoms. The van der Waals surface area contributed by atoms with Crippen molar-refractivity contribution in [2.75, 3.05) is 25.0 Å². The highest BCUT2D eigenvalue weighted by molar-refractivity contribution is 5.92. The smallest absolute Gasteiger partial charge is 0.136 e. The molecule has 3 rings (SSSR count). The molecule has 1 aromatic carbocycles. The van der Waals surface area contributed by atoms with E-state index in [0.717, 1.165) is 31.2 Å². The van der Waals surface area contributed by atoms with Gasteiger partial charge in [-0.05, 0) is 37.3 Å². The van der Waals surface area contributed by atoms with Crippen LogP contribution in [-0.2, 0) is 6.54 Å². The second-order valence-electron chi connectivity index (χ2n) is 5.86. The molecule has 2 heterocycles. The molecule has 1 N–H and O–H groups in total. The molecule has 3 heteroatoms. The summed E-state index contributed by atoms with van der Waals surface area (Å²) in [5, 5.41) is 5.78. The quantitative estimate of drug-likeness (QED) is 0.927. The Bertz CT molecular complexity index is 586. The first-order valence-corrected chi connectivity index (χ1v) is 7.56. The molecule has 1 aliphatic rings. The van der Waals surface area contributed by atoms with Gasteiger partial charge in [0.2, 0.25) is 0 Å². The van der Waals surface area contributed by atoms with Gasteiger partial charge in [-0.1, -0.05) is 31.2 Å². The fourth-order valence-electron chi connectivity index (χ4n) is 2.97. The fourth-order valence-corrected chi connectivity index (χ4v) is 2.97. The summed E-state index contributed by atoms with van der Waals surface area (Å²) in [4.78, 5) is 7.36. The van der Waals surface area contributed by atoms with Gasteiger partial charge in [0, 0.05) is 25.0 Å². The Morgan fingerprint density at radius 2 is 2.00 bits per heavy atom. The maximum absolute atomic E-state index is 4.90. The predicted octanol–water partition coefficient (Wildman–Crippen LogP) is 3.19. The number of benzene rings is 1. The van der Waals surface area contributed by atoms with E-state index in [1.54, 1.807) is 0 Å². The number of nitrogens with one attached hydrogen (secondary N) is 1. The zero-order chi connectivity index (χ0) is 13.9. The van der Waals surface area contributed by atoms with Crippen LogP contribution in [0.2, 0.25) is 0 Å². The Morgan fingerprint density at radius 3 is 2.75 bits per heavy atom. The molecule has 0 atom stereocenters. The van der Waals surface area contributed by atoms with E-state index >= 15 is 0 Å². The Morgan fingerprint density at radius 1 is 1.25 bits per heavy atom. The Hall–Kier alpha value is -1.61. The molecule has 0 aliphatic carbocycles. The summed E-state index contributed by atoms with van der Waals surface area (Å²) in [6.45, 7) is 5.42. The van der Waals surface area contributed by atoms with Crippen molar-refractivity contribution in [1.29, 1.82) is 0 Å². The molecular weight excluding hydrogens is 246 g/mol. The van der Waals surface area contributed by atoms with Crippen molar-refractivity contribution < 1.29 is 0 Å². The lowest BCUT2D eigenvalue weighted by molar-refractivity contribution is 0.437. The molecular formula is C17H23N3. The van der Waals surface area contributed by atoms with Crippen LogP contribution in [0.3, 0.4) is 0 Å². The largest absolute Gasteiger partial charge is 0.356 e. The maximum Gasteiger partial charge on any atom is 0.136 e. The highest BCUT2D eigenvalue weighted by Gasteiger charge is 2.19.